The molecule has 0 saturated heterocycles. The second-order valence-corrected chi connectivity index (χ2v) is 6.06. The van der Waals surface area contributed by atoms with Crippen molar-refractivity contribution >= 4 is 0 Å². The van der Waals surface area contributed by atoms with Crippen LogP contribution in [0, 0.1) is 6.92 Å². The highest BCUT2D eigenvalue weighted by Crippen LogP contribution is 2.15. The molecule has 0 atom stereocenters. The predicted octanol–water partition coefficient (Wildman–Crippen LogP) is 3.72. The van der Waals surface area contributed by atoms with Crippen LogP contribution in [0.15, 0.2) is 41.0 Å². The molecule has 114 valence electrons. The molecule has 0 aliphatic rings. The van der Waals surface area contributed by atoms with E-state index in [-0.39, 0.29) is 0 Å². The fourth-order valence-electron chi connectivity index (χ4n) is 2.28. The molecule has 0 aliphatic heterocycles. The Bertz CT molecular complexity index is 543. The lowest BCUT2D eigenvalue weighted by Gasteiger charge is -2.17. The molecule has 0 amide bonds. The first kappa shape index (κ1) is 15.8. The van der Waals surface area contributed by atoms with Crippen molar-refractivity contribution in [2.45, 2.75) is 46.4 Å². The molecule has 0 radical (unpaired) electrons. The second-order valence-electron chi connectivity index (χ2n) is 6.06. The highest BCUT2D eigenvalue weighted by atomic mass is 16.3. The number of hydrogen-bond acceptors (Lipinski definition) is 3. The summed E-state index contributed by atoms with van der Waals surface area (Å²) in [6.45, 7) is 9.05. The quantitative estimate of drug-likeness (QED) is 0.841. The van der Waals surface area contributed by atoms with Crippen molar-refractivity contribution in [3.05, 3.63) is 59.0 Å². The molecule has 1 aromatic heterocycles. The van der Waals surface area contributed by atoms with E-state index in [1.54, 1.807) is 6.26 Å². The average Bonchev–Trinajstić information content (AvgIpc) is 2.86. The monoisotopic (exact) mass is 286 g/mol. The van der Waals surface area contributed by atoms with Gasteiger partial charge in [0, 0.05) is 24.7 Å². The van der Waals surface area contributed by atoms with Gasteiger partial charge in [0.05, 0.1) is 12.8 Å². The molecular weight excluding hydrogens is 260 g/mol. The third-order valence-electron chi connectivity index (χ3n) is 3.53. The van der Waals surface area contributed by atoms with Crippen molar-refractivity contribution in [2.75, 3.05) is 7.05 Å². The third kappa shape index (κ3) is 5.03. The molecule has 0 fully saturated rings. The summed E-state index contributed by atoms with van der Waals surface area (Å²) in [6.07, 6.45) is 1.78. The van der Waals surface area contributed by atoms with E-state index in [1.165, 1.54) is 16.7 Å². The Labute approximate surface area is 128 Å². The van der Waals surface area contributed by atoms with E-state index in [2.05, 4.69) is 68.4 Å². The van der Waals surface area contributed by atoms with Crippen molar-refractivity contribution in [2.24, 2.45) is 0 Å². The van der Waals surface area contributed by atoms with Crippen LogP contribution in [0.2, 0.25) is 0 Å². The van der Waals surface area contributed by atoms with Gasteiger partial charge in [-0.05, 0) is 25.6 Å². The van der Waals surface area contributed by atoms with Gasteiger partial charge in [0.2, 0.25) is 0 Å². The molecule has 0 bridgehead atoms. The van der Waals surface area contributed by atoms with Gasteiger partial charge in [-0.1, -0.05) is 43.7 Å². The van der Waals surface area contributed by atoms with Crippen LogP contribution < -0.4 is 5.32 Å². The van der Waals surface area contributed by atoms with Gasteiger partial charge in [-0.25, -0.2) is 0 Å². The van der Waals surface area contributed by atoms with Crippen LogP contribution in [0.25, 0.3) is 0 Å². The Morgan fingerprint density at radius 3 is 2.48 bits per heavy atom. The molecule has 1 heterocycles. The van der Waals surface area contributed by atoms with E-state index < -0.39 is 0 Å². The highest BCUT2D eigenvalue weighted by Gasteiger charge is 2.10. The van der Waals surface area contributed by atoms with Gasteiger partial charge in [0.1, 0.15) is 5.76 Å². The number of aryl methyl sites for hydroxylation is 1. The van der Waals surface area contributed by atoms with E-state index in [0.29, 0.717) is 6.04 Å². The lowest BCUT2D eigenvalue weighted by atomic mass is 10.1. The van der Waals surface area contributed by atoms with Crippen molar-refractivity contribution in [1.29, 1.82) is 0 Å². The molecule has 0 aliphatic carbocycles. The number of furan rings is 1. The first-order valence-corrected chi connectivity index (χ1v) is 7.57. The largest absolute Gasteiger partial charge is 0.468 e. The van der Waals surface area contributed by atoms with Gasteiger partial charge in [-0.15, -0.1) is 0 Å². The molecule has 0 saturated carbocycles. The summed E-state index contributed by atoms with van der Waals surface area (Å²) in [5.74, 6) is 1.05. The summed E-state index contributed by atoms with van der Waals surface area (Å²) in [4.78, 5) is 2.28. The summed E-state index contributed by atoms with van der Waals surface area (Å²) in [5.41, 5.74) is 3.88. The molecule has 21 heavy (non-hydrogen) atoms. The zero-order valence-corrected chi connectivity index (χ0v) is 13.5. The number of nitrogens with zero attached hydrogens (tertiary/aromatic N) is 1. The van der Waals surface area contributed by atoms with Crippen LogP contribution in [-0.4, -0.2) is 18.0 Å². The van der Waals surface area contributed by atoms with E-state index in [0.717, 1.165) is 25.4 Å². The van der Waals surface area contributed by atoms with Gasteiger partial charge in [-0.3, -0.25) is 4.90 Å². The van der Waals surface area contributed by atoms with Crippen LogP contribution >= 0.6 is 0 Å². The maximum absolute atomic E-state index is 5.64. The predicted molar refractivity (Wildman–Crippen MR) is 87.0 cm³/mol. The average molecular weight is 286 g/mol. The first-order valence-electron chi connectivity index (χ1n) is 7.57. The normalized spacial score (nSPS) is 11.5. The van der Waals surface area contributed by atoms with Gasteiger partial charge in [0.15, 0.2) is 0 Å². The Morgan fingerprint density at radius 1 is 1.10 bits per heavy atom. The smallest absolute Gasteiger partial charge is 0.122 e. The minimum atomic E-state index is 0.484. The van der Waals surface area contributed by atoms with E-state index in [9.17, 15) is 0 Å². The molecule has 1 aromatic carbocycles. The van der Waals surface area contributed by atoms with E-state index in [4.69, 9.17) is 4.42 Å². The fraction of sp³-hybridized carbons (Fsp3) is 0.444. The Balaban J connectivity index is 1.91. The lowest BCUT2D eigenvalue weighted by molar-refractivity contribution is 0.285. The van der Waals surface area contributed by atoms with Crippen LogP contribution in [0.4, 0.5) is 0 Å². The lowest BCUT2D eigenvalue weighted by Crippen LogP contribution is -2.23. The van der Waals surface area contributed by atoms with Crippen LogP contribution in [0.5, 0.6) is 0 Å². The van der Waals surface area contributed by atoms with Crippen molar-refractivity contribution in [3.8, 4) is 0 Å². The second kappa shape index (κ2) is 7.43. The Kier molecular flexibility index (Phi) is 5.59. The van der Waals surface area contributed by atoms with Crippen molar-refractivity contribution in [1.82, 2.24) is 10.2 Å². The highest BCUT2D eigenvalue weighted by molar-refractivity contribution is 5.21. The maximum Gasteiger partial charge on any atom is 0.122 e. The minimum absolute atomic E-state index is 0.484. The zero-order chi connectivity index (χ0) is 15.2. The van der Waals surface area contributed by atoms with Gasteiger partial charge >= 0.3 is 0 Å². The number of benzene rings is 1. The maximum atomic E-state index is 5.64. The molecule has 3 heteroatoms. The zero-order valence-electron chi connectivity index (χ0n) is 13.5. The van der Waals surface area contributed by atoms with E-state index >= 15 is 0 Å². The van der Waals surface area contributed by atoms with Crippen molar-refractivity contribution in [3.63, 3.8) is 0 Å². The molecule has 0 unspecified atom stereocenters. The van der Waals surface area contributed by atoms with Crippen LogP contribution in [0.3, 0.4) is 0 Å². The van der Waals surface area contributed by atoms with Gasteiger partial charge in [0.25, 0.3) is 0 Å². The fourth-order valence-corrected chi connectivity index (χ4v) is 2.28. The van der Waals surface area contributed by atoms with E-state index in [1.807, 2.05) is 0 Å². The molecule has 2 aromatic rings. The molecular formula is C18H26N2O. The third-order valence-corrected chi connectivity index (χ3v) is 3.53. The Hall–Kier alpha value is -1.58. The summed E-state index contributed by atoms with van der Waals surface area (Å²) < 4.78 is 5.64. The number of rotatable bonds is 7. The first-order chi connectivity index (χ1) is 10.0. The summed E-state index contributed by atoms with van der Waals surface area (Å²) >= 11 is 0. The number of hydrogen-bond donors (Lipinski definition) is 1. The minimum Gasteiger partial charge on any atom is -0.468 e. The SMILES string of the molecule is Cc1ccc(CN(C)Cc2occc2CNC(C)C)cc1. The summed E-state index contributed by atoms with van der Waals surface area (Å²) in [6, 6.07) is 11.2. The number of nitrogens with one attached hydrogen (secondary N) is 1. The molecule has 0 spiro atoms. The van der Waals surface area contributed by atoms with Crippen molar-refractivity contribution < 1.29 is 4.42 Å². The Morgan fingerprint density at radius 2 is 1.81 bits per heavy atom. The summed E-state index contributed by atoms with van der Waals surface area (Å²) in [7, 11) is 2.13. The molecule has 3 nitrogen and oxygen atoms in total. The molecule has 2 rings (SSSR count). The van der Waals surface area contributed by atoms with Crippen LogP contribution in [0.1, 0.15) is 36.3 Å². The molecule has 1 N–H and O–H groups in total. The summed E-state index contributed by atoms with van der Waals surface area (Å²) in [5, 5.41) is 3.44. The van der Waals surface area contributed by atoms with Gasteiger partial charge in [-0.2, -0.15) is 0 Å². The van der Waals surface area contributed by atoms with Gasteiger partial charge < -0.3 is 9.73 Å². The van der Waals surface area contributed by atoms with Crippen LogP contribution in [-0.2, 0) is 19.6 Å². The topological polar surface area (TPSA) is 28.4 Å². The standard InChI is InChI=1S/C18H26N2O/c1-14(2)19-11-17-9-10-21-18(17)13-20(4)12-16-7-5-15(3)6-8-16/h5-10,14,19H,11-13H2,1-4H3.